The summed E-state index contributed by atoms with van der Waals surface area (Å²) in [5, 5.41) is 12.2. The lowest BCUT2D eigenvalue weighted by Crippen LogP contribution is -2.50. The van der Waals surface area contributed by atoms with Crippen LogP contribution in [0.15, 0.2) is 46.9 Å². The van der Waals surface area contributed by atoms with E-state index < -0.39 is 0 Å². The quantitative estimate of drug-likeness (QED) is 0.831. The number of nitrogens with zero attached hydrogens (tertiary/aromatic N) is 3. The number of aryl methyl sites for hydroxylation is 1. The van der Waals surface area contributed by atoms with Gasteiger partial charge in [0.25, 0.3) is 0 Å². The summed E-state index contributed by atoms with van der Waals surface area (Å²) >= 11 is 3.43. The van der Waals surface area contributed by atoms with Gasteiger partial charge in [0.1, 0.15) is 6.07 Å². The number of halogens is 1. The third-order valence-electron chi connectivity index (χ3n) is 4.36. The van der Waals surface area contributed by atoms with Crippen LogP contribution in [0.5, 0.6) is 0 Å². The van der Waals surface area contributed by atoms with Crippen molar-refractivity contribution in [3.05, 3.63) is 58.1 Å². The summed E-state index contributed by atoms with van der Waals surface area (Å²) in [5.74, 6) is 0. The monoisotopic (exact) mass is 398 g/mol. The molecule has 2 aromatic carbocycles. The number of piperazine rings is 1. The molecule has 2 amide bonds. The Balaban J connectivity index is 1.62. The lowest BCUT2D eigenvalue weighted by atomic mass is 10.1. The van der Waals surface area contributed by atoms with E-state index in [0.717, 1.165) is 21.4 Å². The number of hydrogen-bond acceptors (Lipinski definition) is 3. The fourth-order valence-electron chi connectivity index (χ4n) is 2.96. The predicted molar refractivity (Wildman–Crippen MR) is 103 cm³/mol. The molecule has 1 fully saturated rings. The topological polar surface area (TPSA) is 59.4 Å². The maximum atomic E-state index is 12.5. The van der Waals surface area contributed by atoms with Crippen LogP contribution in [0.4, 0.5) is 16.2 Å². The van der Waals surface area contributed by atoms with Gasteiger partial charge in [-0.1, -0.05) is 28.1 Å². The number of nitrogens with one attached hydrogen (secondary N) is 1. The fraction of sp³-hybridized carbons (Fsp3) is 0.263. The van der Waals surface area contributed by atoms with Gasteiger partial charge in [-0.25, -0.2) is 4.79 Å². The molecule has 1 heterocycles. The van der Waals surface area contributed by atoms with Crippen molar-refractivity contribution in [3.63, 3.8) is 0 Å². The van der Waals surface area contributed by atoms with Crippen molar-refractivity contribution in [1.82, 2.24) is 4.90 Å². The van der Waals surface area contributed by atoms with E-state index in [9.17, 15) is 10.1 Å². The highest BCUT2D eigenvalue weighted by Crippen LogP contribution is 2.23. The molecule has 1 N–H and O–H groups in total. The predicted octanol–water partition coefficient (Wildman–Crippen LogP) is 3.98. The van der Waals surface area contributed by atoms with E-state index in [1.54, 1.807) is 0 Å². The van der Waals surface area contributed by atoms with Crippen LogP contribution < -0.4 is 10.2 Å². The van der Waals surface area contributed by atoms with Gasteiger partial charge in [0.15, 0.2) is 0 Å². The summed E-state index contributed by atoms with van der Waals surface area (Å²) in [6.07, 6.45) is 0. The standard InChI is InChI=1S/C19H19BrN4O/c1-14-12-16(20)6-7-17(14)22-19(25)24-10-8-23(9-11-24)18-5-3-2-4-15(18)13-21/h2-7,12H,8-11H2,1H3,(H,22,25). The van der Waals surface area contributed by atoms with Crippen LogP contribution in [-0.2, 0) is 0 Å². The van der Waals surface area contributed by atoms with Gasteiger partial charge in [-0.05, 0) is 42.8 Å². The Morgan fingerprint density at radius 2 is 1.88 bits per heavy atom. The van der Waals surface area contributed by atoms with Crippen LogP contribution in [0.2, 0.25) is 0 Å². The second kappa shape index (κ2) is 7.58. The lowest BCUT2D eigenvalue weighted by molar-refractivity contribution is 0.208. The molecule has 0 saturated carbocycles. The van der Waals surface area contributed by atoms with Crippen LogP contribution >= 0.6 is 15.9 Å². The number of carbonyl (C=O) groups is 1. The Bertz CT molecular complexity index is 822. The van der Waals surface area contributed by atoms with Gasteiger partial charge in [-0.2, -0.15) is 5.26 Å². The first-order chi connectivity index (χ1) is 12.1. The molecule has 1 aliphatic heterocycles. The Morgan fingerprint density at radius 1 is 1.16 bits per heavy atom. The average molecular weight is 399 g/mol. The van der Waals surface area contributed by atoms with Crippen LogP contribution in [0.3, 0.4) is 0 Å². The maximum absolute atomic E-state index is 12.5. The SMILES string of the molecule is Cc1cc(Br)ccc1NC(=O)N1CCN(c2ccccc2C#N)CC1. The smallest absolute Gasteiger partial charge is 0.321 e. The average Bonchev–Trinajstić information content (AvgIpc) is 2.64. The van der Waals surface area contributed by atoms with E-state index in [-0.39, 0.29) is 6.03 Å². The molecule has 128 valence electrons. The summed E-state index contributed by atoms with van der Waals surface area (Å²) in [4.78, 5) is 16.5. The van der Waals surface area contributed by atoms with E-state index >= 15 is 0 Å². The highest BCUT2D eigenvalue weighted by Gasteiger charge is 2.22. The molecule has 0 spiro atoms. The third kappa shape index (κ3) is 3.94. The van der Waals surface area contributed by atoms with Crippen molar-refractivity contribution in [2.24, 2.45) is 0 Å². The Labute approximate surface area is 156 Å². The molecule has 0 atom stereocenters. The summed E-state index contributed by atoms with van der Waals surface area (Å²) in [5.41, 5.74) is 3.45. The van der Waals surface area contributed by atoms with Gasteiger partial charge >= 0.3 is 6.03 Å². The van der Waals surface area contributed by atoms with E-state index in [2.05, 4.69) is 32.2 Å². The molecule has 2 aromatic rings. The first-order valence-electron chi connectivity index (χ1n) is 8.14. The molecule has 0 bridgehead atoms. The first kappa shape index (κ1) is 17.3. The highest BCUT2D eigenvalue weighted by molar-refractivity contribution is 9.10. The van der Waals surface area contributed by atoms with Crippen molar-refractivity contribution in [2.75, 3.05) is 36.4 Å². The zero-order chi connectivity index (χ0) is 17.8. The van der Waals surface area contributed by atoms with Crippen LogP contribution in [-0.4, -0.2) is 37.1 Å². The number of urea groups is 1. The van der Waals surface area contributed by atoms with E-state index in [1.165, 1.54) is 0 Å². The first-order valence-corrected chi connectivity index (χ1v) is 8.94. The molecule has 1 aliphatic rings. The second-order valence-electron chi connectivity index (χ2n) is 5.99. The minimum absolute atomic E-state index is 0.0846. The van der Waals surface area contributed by atoms with Gasteiger partial charge in [-0.3, -0.25) is 0 Å². The van der Waals surface area contributed by atoms with Crippen molar-refractivity contribution in [3.8, 4) is 6.07 Å². The molecule has 5 nitrogen and oxygen atoms in total. The van der Waals surface area contributed by atoms with Crippen molar-refractivity contribution in [1.29, 1.82) is 5.26 Å². The fourth-order valence-corrected chi connectivity index (χ4v) is 3.43. The molecule has 0 aliphatic carbocycles. The van der Waals surface area contributed by atoms with E-state index in [4.69, 9.17) is 0 Å². The largest absolute Gasteiger partial charge is 0.367 e. The summed E-state index contributed by atoms with van der Waals surface area (Å²) in [7, 11) is 0. The number of rotatable bonds is 2. The molecule has 6 heteroatoms. The summed E-state index contributed by atoms with van der Waals surface area (Å²) < 4.78 is 0.993. The Hall–Kier alpha value is -2.52. The minimum atomic E-state index is -0.0846. The molecule has 0 aromatic heterocycles. The molecule has 0 unspecified atom stereocenters. The highest BCUT2D eigenvalue weighted by atomic mass is 79.9. The molecule has 0 radical (unpaired) electrons. The number of para-hydroxylation sites is 1. The molecule has 1 saturated heterocycles. The number of carbonyl (C=O) groups excluding carboxylic acids is 1. The Kier molecular flexibility index (Phi) is 5.25. The van der Waals surface area contributed by atoms with Crippen LogP contribution in [0, 0.1) is 18.3 Å². The van der Waals surface area contributed by atoms with Crippen LogP contribution in [0.1, 0.15) is 11.1 Å². The van der Waals surface area contributed by atoms with Gasteiger partial charge in [0.2, 0.25) is 0 Å². The second-order valence-corrected chi connectivity index (χ2v) is 6.91. The van der Waals surface area contributed by atoms with Gasteiger partial charge < -0.3 is 15.1 Å². The summed E-state index contributed by atoms with van der Waals surface area (Å²) in [6, 6.07) is 15.5. The number of amides is 2. The third-order valence-corrected chi connectivity index (χ3v) is 4.86. The molecule has 3 rings (SSSR count). The zero-order valence-electron chi connectivity index (χ0n) is 14.0. The lowest BCUT2D eigenvalue weighted by Gasteiger charge is -2.36. The molecular weight excluding hydrogens is 380 g/mol. The summed E-state index contributed by atoms with van der Waals surface area (Å²) in [6.45, 7) is 4.65. The van der Waals surface area contributed by atoms with Gasteiger partial charge in [0.05, 0.1) is 11.3 Å². The molecule has 25 heavy (non-hydrogen) atoms. The van der Waals surface area contributed by atoms with Crippen molar-refractivity contribution in [2.45, 2.75) is 6.92 Å². The van der Waals surface area contributed by atoms with Gasteiger partial charge in [0, 0.05) is 36.3 Å². The number of nitriles is 1. The zero-order valence-corrected chi connectivity index (χ0v) is 15.6. The number of benzene rings is 2. The normalized spacial score (nSPS) is 14.1. The van der Waals surface area contributed by atoms with Crippen LogP contribution in [0.25, 0.3) is 0 Å². The van der Waals surface area contributed by atoms with Crippen molar-refractivity contribution < 1.29 is 4.79 Å². The minimum Gasteiger partial charge on any atom is -0.367 e. The number of hydrogen-bond donors (Lipinski definition) is 1. The van der Waals surface area contributed by atoms with Gasteiger partial charge in [-0.15, -0.1) is 0 Å². The van der Waals surface area contributed by atoms with E-state index in [0.29, 0.717) is 31.7 Å². The van der Waals surface area contributed by atoms with E-state index in [1.807, 2.05) is 54.3 Å². The molecular formula is C19H19BrN4O. The Morgan fingerprint density at radius 3 is 2.56 bits per heavy atom. The maximum Gasteiger partial charge on any atom is 0.321 e. The number of anilines is 2. The van der Waals surface area contributed by atoms with Crippen molar-refractivity contribution >= 4 is 33.3 Å².